The molecule has 5 nitrogen and oxygen atoms in total. The van der Waals surface area contributed by atoms with Crippen molar-refractivity contribution in [2.45, 2.75) is 6.92 Å². The van der Waals surface area contributed by atoms with Crippen LogP contribution in [0.4, 0.5) is 16.2 Å². The number of carbonyl (C=O) groups is 1. The van der Waals surface area contributed by atoms with Crippen LogP contribution in [0.1, 0.15) is 6.92 Å². The van der Waals surface area contributed by atoms with E-state index in [-0.39, 0.29) is 6.09 Å². The average Bonchev–Trinajstić information content (AvgIpc) is 2.39. The molecule has 0 radical (unpaired) electrons. The first-order valence-electron chi connectivity index (χ1n) is 6.33. The van der Waals surface area contributed by atoms with E-state index in [2.05, 4.69) is 4.90 Å². The minimum absolute atomic E-state index is 0.244. The van der Waals surface area contributed by atoms with Gasteiger partial charge in [-0.3, -0.25) is 0 Å². The van der Waals surface area contributed by atoms with Crippen molar-refractivity contribution in [3.63, 3.8) is 0 Å². The summed E-state index contributed by atoms with van der Waals surface area (Å²) in [6.07, 6.45) is -0.244. The van der Waals surface area contributed by atoms with Crippen molar-refractivity contribution in [2.24, 2.45) is 0 Å². The molecule has 19 heavy (non-hydrogen) atoms. The molecule has 1 fully saturated rings. The Balaban J connectivity index is 1.98. The second-order valence-electron chi connectivity index (χ2n) is 4.38. The van der Waals surface area contributed by atoms with Crippen LogP contribution in [-0.4, -0.2) is 43.8 Å². The molecule has 2 N–H and O–H groups in total. The number of halogens is 1. The van der Waals surface area contributed by atoms with E-state index in [4.69, 9.17) is 22.1 Å². The van der Waals surface area contributed by atoms with Crippen LogP contribution in [0.25, 0.3) is 0 Å². The summed E-state index contributed by atoms with van der Waals surface area (Å²) in [5.41, 5.74) is 7.59. The Kier molecular flexibility index (Phi) is 4.37. The molecular formula is C13H18ClN3O2. The molecule has 1 aromatic rings. The predicted molar refractivity (Wildman–Crippen MR) is 76.7 cm³/mol. The standard InChI is InChI=1S/C13H18ClN3O2/c1-2-19-13(18)17-7-5-16(6-8-17)12-4-3-10(14)9-11(12)15/h3-4,9H,2,5-8,15H2,1H3. The Labute approximate surface area is 117 Å². The van der Waals surface area contributed by atoms with E-state index >= 15 is 0 Å². The van der Waals surface area contributed by atoms with Crippen LogP contribution in [0.5, 0.6) is 0 Å². The number of hydrogen-bond acceptors (Lipinski definition) is 4. The summed E-state index contributed by atoms with van der Waals surface area (Å²) in [6, 6.07) is 5.48. The van der Waals surface area contributed by atoms with Crippen LogP contribution in [0.15, 0.2) is 18.2 Å². The van der Waals surface area contributed by atoms with Gasteiger partial charge in [0.15, 0.2) is 0 Å². The summed E-state index contributed by atoms with van der Waals surface area (Å²) < 4.78 is 4.99. The zero-order chi connectivity index (χ0) is 13.8. The Hall–Kier alpha value is -1.62. The summed E-state index contributed by atoms with van der Waals surface area (Å²) in [5, 5.41) is 0.631. The van der Waals surface area contributed by atoms with Gasteiger partial charge >= 0.3 is 6.09 Å². The van der Waals surface area contributed by atoms with Gasteiger partial charge in [0.1, 0.15) is 0 Å². The van der Waals surface area contributed by atoms with Crippen molar-refractivity contribution < 1.29 is 9.53 Å². The van der Waals surface area contributed by atoms with E-state index in [1.165, 1.54) is 0 Å². The number of ether oxygens (including phenoxy) is 1. The highest BCUT2D eigenvalue weighted by Gasteiger charge is 2.22. The first-order valence-corrected chi connectivity index (χ1v) is 6.71. The monoisotopic (exact) mass is 283 g/mol. The molecule has 1 saturated heterocycles. The second kappa shape index (κ2) is 6.02. The lowest BCUT2D eigenvalue weighted by Gasteiger charge is -2.36. The molecule has 0 spiro atoms. The number of nitrogens with two attached hydrogens (primary N) is 1. The normalized spacial score (nSPS) is 15.5. The van der Waals surface area contributed by atoms with Gasteiger partial charge in [-0.15, -0.1) is 0 Å². The highest BCUT2D eigenvalue weighted by molar-refractivity contribution is 6.31. The van der Waals surface area contributed by atoms with E-state index in [0.717, 1.165) is 18.8 Å². The van der Waals surface area contributed by atoms with Crippen molar-refractivity contribution in [1.29, 1.82) is 0 Å². The molecule has 0 aromatic heterocycles. The molecule has 0 unspecified atom stereocenters. The van der Waals surface area contributed by atoms with E-state index in [1.807, 2.05) is 19.1 Å². The lowest BCUT2D eigenvalue weighted by molar-refractivity contribution is 0.105. The van der Waals surface area contributed by atoms with Crippen molar-refractivity contribution in [3.05, 3.63) is 23.2 Å². The third-order valence-corrected chi connectivity index (χ3v) is 3.37. The fourth-order valence-corrected chi connectivity index (χ4v) is 2.34. The zero-order valence-corrected chi connectivity index (χ0v) is 11.7. The number of piperazine rings is 1. The van der Waals surface area contributed by atoms with E-state index in [0.29, 0.717) is 30.4 Å². The smallest absolute Gasteiger partial charge is 0.409 e. The van der Waals surface area contributed by atoms with Gasteiger partial charge in [-0.05, 0) is 25.1 Å². The molecule has 1 heterocycles. The summed E-state index contributed by atoms with van der Waals surface area (Å²) in [6.45, 7) is 4.98. The van der Waals surface area contributed by atoms with E-state index in [9.17, 15) is 4.79 Å². The largest absolute Gasteiger partial charge is 0.450 e. The van der Waals surface area contributed by atoms with Crippen LogP contribution in [0, 0.1) is 0 Å². The number of carbonyl (C=O) groups excluding carboxylic acids is 1. The number of nitrogens with zero attached hydrogens (tertiary/aromatic N) is 2. The fourth-order valence-electron chi connectivity index (χ4n) is 2.16. The Morgan fingerprint density at radius 1 is 1.37 bits per heavy atom. The van der Waals surface area contributed by atoms with Crippen LogP contribution in [-0.2, 0) is 4.74 Å². The average molecular weight is 284 g/mol. The first kappa shape index (κ1) is 13.8. The van der Waals surface area contributed by atoms with Crippen LogP contribution >= 0.6 is 11.6 Å². The van der Waals surface area contributed by atoms with Crippen molar-refractivity contribution in [2.75, 3.05) is 43.4 Å². The molecule has 1 aliphatic rings. The Morgan fingerprint density at radius 3 is 2.63 bits per heavy atom. The number of benzene rings is 1. The van der Waals surface area contributed by atoms with Crippen LogP contribution < -0.4 is 10.6 Å². The number of anilines is 2. The summed E-state index contributed by atoms with van der Waals surface area (Å²) in [4.78, 5) is 15.5. The topological polar surface area (TPSA) is 58.8 Å². The van der Waals surface area contributed by atoms with Gasteiger partial charge in [0, 0.05) is 31.2 Å². The summed E-state index contributed by atoms with van der Waals surface area (Å²) in [7, 11) is 0. The first-order chi connectivity index (χ1) is 9.11. The van der Waals surface area contributed by atoms with Crippen LogP contribution in [0.2, 0.25) is 5.02 Å². The predicted octanol–water partition coefficient (Wildman–Crippen LogP) is 2.20. The molecule has 0 saturated carbocycles. The van der Waals surface area contributed by atoms with Crippen molar-refractivity contribution in [1.82, 2.24) is 4.90 Å². The maximum atomic E-state index is 11.6. The summed E-state index contributed by atoms with van der Waals surface area (Å²) >= 11 is 5.89. The highest BCUT2D eigenvalue weighted by atomic mass is 35.5. The molecule has 1 aliphatic heterocycles. The van der Waals surface area contributed by atoms with Gasteiger partial charge in [0.2, 0.25) is 0 Å². The number of rotatable bonds is 2. The zero-order valence-electron chi connectivity index (χ0n) is 10.9. The SMILES string of the molecule is CCOC(=O)N1CCN(c2ccc(Cl)cc2N)CC1. The molecule has 0 atom stereocenters. The van der Waals surface area contributed by atoms with E-state index in [1.54, 1.807) is 11.0 Å². The number of hydrogen-bond donors (Lipinski definition) is 1. The van der Waals surface area contributed by atoms with E-state index < -0.39 is 0 Å². The molecule has 1 aromatic carbocycles. The number of nitrogen functional groups attached to an aromatic ring is 1. The highest BCUT2D eigenvalue weighted by Crippen LogP contribution is 2.27. The Bertz CT molecular complexity index is 459. The fraction of sp³-hybridized carbons (Fsp3) is 0.462. The molecule has 0 aliphatic carbocycles. The number of amides is 1. The van der Waals surface area contributed by atoms with Gasteiger partial charge in [-0.25, -0.2) is 4.79 Å². The third-order valence-electron chi connectivity index (χ3n) is 3.14. The third kappa shape index (κ3) is 3.23. The molecule has 0 bridgehead atoms. The Morgan fingerprint density at radius 2 is 2.05 bits per heavy atom. The van der Waals surface area contributed by atoms with Gasteiger partial charge in [-0.2, -0.15) is 0 Å². The van der Waals surface area contributed by atoms with Crippen molar-refractivity contribution >= 4 is 29.1 Å². The lowest BCUT2D eigenvalue weighted by atomic mass is 10.2. The van der Waals surface area contributed by atoms with Crippen molar-refractivity contribution in [3.8, 4) is 0 Å². The second-order valence-corrected chi connectivity index (χ2v) is 4.81. The van der Waals surface area contributed by atoms with Gasteiger partial charge in [0.25, 0.3) is 0 Å². The summed E-state index contributed by atoms with van der Waals surface area (Å²) in [5.74, 6) is 0. The molecule has 104 valence electrons. The maximum Gasteiger partial charge on any atom is 0.409 e. The molecule has 2 rings (SSSR count). The molecule has 6 heteroatoms. The quantitative estimate of drug-likeness (QED) is 0.846. The lowest BCUT2D eigenvalue weighted by Crippen LogP contribution is -2.49. The van der Waals surface area contributed by atoms with Gasteiger partial charge < -0.3 is 20.3 Å². The van der Waals surface area contributed by atoms with Gasteiger partial charge in [-0.1, -0.05) is 11.6 Å². The van der Waals surface area contributed by atoms with Crippen LogP contribution in [0.3, 0.4) is 0 Å². The minimum Gasteiger partial charge on any atom is -0.450 e. The molecule has 1 amide bonds. The van der Waals surface area contributed by atoms with Gasteiger partial charge in [0.05, 0.1) is 18.0 Å². The molecular weight excluding hydrogens is 266 g/mol. The maximum absolute atomic E-state index is 11.6. The minimum atomic E-state index is -0.244.